The lowest BCUT2D eigenvalue weighted by Gasteiger charge is -2.15. The van der Waals surface area contributed by atoms with Gasteiger partial charge in [-0.25, -0.2) is 4.79 Å². The van der Waals surface area contributed by atoms with Gasteiger partial charge in [-0.15, -0.1) is 0 Å². The van der Waals surface area contributed by atoms with Crippen LogP contribution in [0.4, 0.5) is 0 Å². The Balaban J connectivity index is 2.67. The lowest BCUT2D eigenvalue weighted by atomic mass is 10.1. The SMILES string of the molecule is C=C(C)C(=O)Oc1c(OC)cc(OC(C)=O)c2ccccc12. The Bertz CT molecular complexity index is 761. The minimum absolute atomic E-state index is 0.266. The lowest BCUT2D eigenvalue weighted by Crippen LogP contribution is -2.10. The summed E-state index contributed by atoms with van der Waals surface area (Å²) in [5.74, 6) is -0.0933. The highest BCUT2D eigenvalue weighted by atomic mass is 16.6. The van der Waals surface area contributed by atoms with E-state index in [9.17, 15) is 9.59 Å². The third kappa shape index (κ3) is 3.09. The van der Waals surface area contributed by atoms with Crippen LogP contribution in [0.25, 0.3) is 10.8 Å². The number of carbonyl (C=O) groups is 2. The average molecular weight is 300 g/mol. The van der Waals surface area contributed by atoms with Crippen molar-refractivity contribution in [3.8, 4) is 17.2 Å². The second-order valence-electron chi connectivity index (χ2n) is 4.72. The molecule has 2 aromatic carbocycles. The van der Waals surface area contributed by atoms with E-state index in [0.717, 1.165) is 0 Å². The Morgan fingerprint density at radius 3 is 2.18 bits per heavy atom. The summed E-state index contributed by atoms with van der Waals surface area (Å²) < 4.78 is 15.8. The topological polar surface area (TPSA) is 61.8 Å². The molecule has 0 bridgehead atoms. The number of esters is 2. The van der Waals surface area contributed by atoms with Gasteiger partial charge in [-0.05, 0) is 6.92 Å². The van der Waals surface area contributed by atoms with Crippen LogP contribution in [0.5, 0.6) is 17.2 Å². The Hall–Kier alpha value is -2.82. The van der Waals surface area contributed by atoms with Crippen LogP contribution in [0.3, 0.4) is 0 Å². The minimum atomic E-state index is -0.552. The molecule has 0 saturated heterocycles. The third-order valence-corrected chi connectivity index (χ3v) is 2.94. The van der Waals surface area contributed by atoms with Crippen LogP contribution in [0.2, 0.25) is 0 Å². The van der Waals surface area contributed by atoms with Crippen LogP contribution >= 0.6 is 0 Å². The normalized spacial score (nSPS) is 10.1. The predicted molar refractivity (Wildman–Crippen MR) is 82.3 cm³/mol. The molecule has 22 heavy (non-hydrogen) atoms. The fraction of sp³-hybridized carbons (Fsp3) is 0.176. The Kier molecular flexibility index (Phi) is 4.46. The van der Waals surface area contributed by atoms with E-state index in [1.165, 1.54) is 20.1 Å². The quantitative estimate of drug-likeness (QED) is 0.493. The van der Waals surface area contributed by atoms with E-state index < -0.39 is 11.9 Å². The second kappa shape index (κ2) is 6.30. The first-order chi connectivity index (χ1) is 10.4. The number of hydrogen-bond acceptors (Lipinski definition) is 5. The molecule has 0 radical (unpaired) electrons. The van der Waals surface area contributed by atoms with Crippen molar-refractivity contribution < 1.29 is 23.8 Å². The van der Waals surface area contributed by atoms with Gasteiger partial charge in [0.25, 0.3) is 0 Å². The molecule has 0 aromatic heterocycles. The molecule has 0 saturated carbocycles. The van der Waals surface area contributed by atoms with E-state index in [1.807, 2.05) is 0 Å². The van der Waals surface area contributed by atoms with Crippen molar-refractivity contribution in [2.75, 3.05) is 7.11 Å². The van der Waals surface area contributed by atoms with Gasteiger partial charge in [-0.1, -0.05) is 30.8 Å². The van der Waals surface area contributed by atoms with E-state index in [4.69, 9.17) is 14.2 Å². The Morgan fingerprint density at radius 1 is 1.00 bits per heavy atom. The number of methoxy groups -OCH3 is 1. The molecule has 2 aromatic rings. The maximum atomic E-state index is 11.8. The smallest absolute Gasteiger partial charge is 0.338 e. The monoisotopic (exact) mass is 300 g/mol. The molecule has 0 atom stereocenters. The van der Waals surface area contributed by atoms with Crippen molar-refractivity contribution in [3.63, 3.8) is 0 Å². The van der Waals surface area contributed by atoms with Gasteiger partial charge in [-0.2, -0.15) is 0 Å². The number of ether oxygens (including phenoxy) is 3. The van der Waals surface area contributed by atoms with E-state index >= 15 is 0 Å². The summed E-state index contributed by atoms with van der Waals surface area (Å²) in [6.07, 6.45) is 0. The van der Waals surface area contributed by atoms with Crippen LogP contribution in [0, 0.1) is 0 Å². The summed E-state index contributed by atoms with van der Waals surface area (Å²) in [7, 11) is 1.44. The van der Waals surface area contributed by atoms with Crippen LogP contribution in [-0.4, -0.2) is 19.0 Å². The molecule has 0 amide bonds. The minimum Gasteiger partial charge on any atom is -0.493 e. The zero-order valence-electron chi connectivity index (χ0n) is 12.6. The molecule has 0 N–H and O–H groups in total. The molecule has 5 nitrogen and oxygen atoms in total. The van der Waals surface area contributed by atoms with Crippen molar-refractivity contribution in [1.29, 1.82) is 0 Å². The van der Waals surface area contributed by atoms with Crippen molar-refractivity contribution in [2.24, 2.45) is 0 Å². The molecule has 0 unspecified atom stereocenters. The van der Waals surface area contributed by atoms with E-state index in [0.29, 0.717) is 22.3 Å². The van der Waals surface area contributed by atoms with Gasteiger partial charge in [-0.3, -0.25) is 4.79 Å². The van der Waals surface area contributed by atoms with Crippen LogP contribution < -0.4 is 14.2 Å². The van der Waals surface area contributed by atoms with Gasteiger partial charge in [0.2, 0.25) is 0 Å². The summed E-state index contributed by atoms with van der Waals surface area (Å²) in [5.41, 5.74) is 0.273. The fourth-order valence-electron chi connectivity index (χ4n) is 1.97. The Morgan fingerprint density at radius 2 is 1.64 bits per heavy atom. The lowest BCUT2D eigenvalue weighted by molar-refractivity contribution is -0.132. The number of hydrogen-bond donors (Lipinski definition) is 0. The summed E-state index contributed by atoms with van der Waals surface area (Å²) in [5, 5.41) is 1.25. The standard InChI is InChI=1S/C17H16O5/c1-10(2)17(19)22-16-13-8-6-5-7-12(13)14(21-11(3)18)9-15(16)20-4/h5-9H,1H2,2-4H3. The number of carbonyl (C=O) groups excluding carboxylic acids is 2. The van der Waals surface area contributed by atoms with Crippen LogP contribution in [-0.2, 0) is 9.59 Å². The van der Waals surface area contributed by atoms with E-state index in [2.05, 4.69) is 6.58 Å². The third-order valence-electron chi connectivity index (χ3n) is 2.94. The molecule has 2 rings (SSSR count). The first kappa shape index (κ1) is 15.6. The summed E-state index contributed by atoms with van der Waals surface area (Å²) in [4.78, 5) is 23.1. The van der Waals surface area contributed by atoms with Crippen molar-refractivity contribution in [1.82, 2.24) is 0 Å². The molecule has 5 heteroatoms. The molecule has 114 valence electrons. The summed E-state index contributed by atoms with van der Waals surface area (Å²) in [6, 6.07) is 8.63. The van der Waals surface area contributed by atoms with Gasteiger partial charge < -0.3 is 14.2 Å². The maximum Gasteiger partial charge on any atom is 0.338 e. The van der Waals surface area contributed by atoms with Gasteiger partial charge in [0.1, 0.15) is 5.75 Å². The average Bonchev–Trinajstić information content (AvgIpc) is 2.48. The van der Waals surface area contributed by atoms with Crippen molar-refractivity contribution in [3.05, 3.63) is 42.5 Å². The highest BCUT2D eigenvalue weighted by Crippen LogP contribution is 2.41. The summed E-state index contributed by atoms with van der Waals surface area (Å²) >= 11 is 0. The molecular formula is C17H16O5. The second-order valence-corrected chi connectivity index (χ2v) is 4.72. The van der Waals surface area contributed by atoms with Gasteiger partial charge in [0.15, 0.2) is 11.5 Å². The van der Waals surface area contributed by atoms with E-state index in [1.54, 1.807) is 31.2 Å². The highest BCUT2D eigenvalue weighted by Gasteiger charge is 2.18. The first-order valence-electron chi connectivity index (χ1n) is 6.60. The zero-order chi connectivity index (χ0) is 16.3. The predicted octanol–water partition coefficient (Wildman–Crippen LogP) is 3.26. The number of fused-ring (bicyclic) bond motifs is 1. The zero-order valence-corrected chi connectivity index (χ0v) is 12.6. The molecule has 0 aliphatic heterocycles. The molecule has 0 heterocycles. The maximum absolute atomic E-state index is 11.8. The van der Waals surface area contributed by atoms with Crippen LogP contribution in [0.1, 0.15) is 13.8 Å². The van der Waals surface area contributed by atoms with Crippen LogP contribution in [0.15, 0.2) is 42.5 Å². The molecule has 0 fully saturated rings. The molecule has 0 aliphatic rings. The van der Waals surface area contributed by atoms with Crippen molar-refractivity contribution >= 4 is 22.7 Å². The van der Waals surface area contributed by atoms with Crippen molar-refractivity contribution in [2.45, 2.75) is 13.8 Å². The summed E-state index contributed by atoms with van der Waals surface area (Å²) in [6.45, 7) is 6.43. The van der Waals surface area contributed by atoms with E-state index in [-0.39, 0.29) is 11.3 Å². The first-order valence-corrected chi connectivity index (χ1v) is 6.60. The largest absolute Gasteiger partial charge is 0.493 e. The molecule has 0 aliphatic carbocycles. The Labute approximate surface area is 128 Å². The van der Waals surface area contributed by atoms with Gasteiger partial charge in [0.05, 0.1) is 7.11 Å². The molecule has 0 spiro atoms. The number of rotatable bonds is 4. The van der Waals surface area contributed by atoms with Gasteiger partial charge >= 0.3 is 11.9 Å². The fourth-order valence-corrected chi connectivity index (χ4v) is 1.97. The van der Waals surface area contributed by atoms with Gasteiger partial charge in [0, 0.05) is 29.3 Å². The molecular weight excluding hydrogens is 284 g/mol. The highest BCUT2D eigenvalue weighted by molar-refractivity contribution is 5.99. The number of benzene rings is 2.